The molecule has 0 spiro atoms. The molecular formula is C21H21NO6. The summed E-state index contributed by atoms with van der Waals surface area (Å²) in [7, 11) is 0. The van der Waals surface area contributed by atoms with E-state index in [9.17, 15) is 14.7 Å². The second-order valence-electron chi connectivity index (χ2n) is 6.18. The van der Waals surface area contributed by atoms with Crippen LogP contribution in [-0.4, -0.2) is 34.1 Å². The minimum atomic E-state index is -1.56. The molecule has 3 rings (SSSR count). The van der Waals surface area contributed by atoms with E-state index in [0.29, 0.717) is 23.9 Å². The quantitative estimate of drug-likeness (QED) is 0.609. The molecule has 0 radical (unpaired) electrons. The summed E-state index contributed by atoms with van der Waals surface area (Å²) >= 11 is 0. The van der Waals surface area contributed by atoms with Crippen molar-refractivity contribution in [1.82, 2.24) is 4.57 Å². The van der Waals surface area contributed by atoms with Crippen molar-refractivity contribution in [3.63, 3.8) is 0 Å². The van der Waals surface area contributed by atoms with E-state index in [-0.39, 0.29) is 18.9 Å². The lowest BCUT2D eigenvalue weighted by molar-refractivity contribution is 0.143. The predicted octanol–water partition coefficient (Wildman–Crippen LogP) is 3.04. The van der Waals surface area contributed by atoms with Crippen LogP contribution in [0.15, 0.2) is 53.5 Å². The highest BCUT2D eigenvalue weighted by molar-refractivity contribution is 5.82. The maximum atomic E-state index is 12.7. The smallest absolute Gasteiger partial charge is 0.494 e. The van der Waals surface area contributed by atoms with Gasteiger partial charge in [0.25, 0.3) is 0 Å². The lowest BCUT2D eigenvalue weighted by Crippen LogP contribution is -2.17. The average molecular weight is 383 g/mol. The second kappa shape index (κ2) is 8.58. The van der Waals surface area contributed by atoms with E-state index in [1.165, 1.54) is 6.20 Å². The van der Waals surface area contributed by atoms with Crippen molar-refractivity contribution in [1.29, 1.82) is 0 Å². The Morgan fingerprint density at radius 3 is 2.64 bits per heavy atom. The van der Waals surface area contributed by atoms with Crippen molar-refractivity contribution in [2.24, 2.45) is 0 Å². The third-order valence-corrected chi connectivity index (χ3v) is 4.32. The van der Waals surface area contributed by atoms with Gasteiger partial charge < -0.3 is 24.3 Å². The van der Waals surface area contributed by atoms with Crippen LogP contribution >= 0.6 is 0 Å². The van der Waals surface area contributed by atoms with Gasteiger partial charge in [-0.25, -0.2) is 4.79 Å². The van der Waals surface area contributed by atoms with Gasteiger partial charge in [0.15, 0.2) is 5.75 Å². The lowest BCUT2D eigenvalue weighted by Gasteiger charge is -2.14. The molecule has 0 fully saturated rings. The summed E-state index contributed by atoms with van der Waals surface area (Å²) in [5, 5.41) is 18.5. The number of carbonyl (C=O) groups is 1. The first-order chi connectivity index (χ1) is 13.5. The Labute approximate surface area is 161 Å². The SMILES string of the molecule is CCOc1ccccc1Cc1ccc2c(c1)c(=O)c(OC(=O)O)cn2CCO. The number of fused-ring (bicyclic) bond motifs is 1. The van der Waals surface area contributed by atoms with Crippen LogP contribution in [0, 0.1) is 0 Å². The first-order valence-electron chi connectivity index (χ1n) is 8.92. The monoisotopic (exact) mass is 383 g/mol. The van der Waals surface area contributed by atoms with Gasteiger partial charge in [-0.2, -0.15) is 0 Å². The summed E-state index contributed by atoms with van der Waals surface area (Å²) in [5.41, 5.74) is 1.95. The van der Waals surface area contributed by atoms with Crippen LogP contribution in [-0.2, 0) is 13.0 Å². The van der Waals surface area contributed by atoms with Crippen LogP contribution in [0.2, 0.25) is 0 Å². The summed E-state index contributed by atoms with van der Waals surface area (Å²) < 4.78 is 11.9. The third-order valence-electron chi connectivity index (χ3n) is 4.32. The molecule has 0 aliphatic heterocycles. The highest BCUT2D eigenvalue weighted by atomic mass is 16.7. The molecule has 0 saturated heterocycles. The van der Waals surface area contributed by atoms with Crippen molar-refractivity contribution < 1.29 is 24.5 Å². The Kier molecular flexibility index (Phi) is 5.96. The Bertz CT molecular complexity index is 1060. The van der Waals surface area contributed by atoms with Gasteiger partial charge in [0.2, 0.25) is 5.43 Å². The molecule has 7 nitrogen and oxygen atoms in total. The van der Waals surface area contributed by atoms with E-state index in [1.54, 1.807) is 16.7 Å². The van der Waals surface area contributed by atoms with Gasteiger partial charge in [-0.05, 0) is 36.2 Å². The number of aromatic nitrogens is 1. The fraction of sp³-hybridized carbons (Fsp3) is 0.238. The molecule has 2 N–H and O–H groups in total. The maximum absolute atomic E-state index is 12.7. The van der Waals surface area contributed by atoms with Crippen molar-refractivity contribution in [2.75, 3.05) is 13.2 Å². The fourth-order valence-electron chi connectivity index (χ4n) is 3.15. The van der Waals surface area contributed by atoms with Gasteiger partial charge in [-0.3, -0.25) is 4.79 Å². The molecule has 0 saturated carbocycles. The van der Waals surface area contributed by atoms with Crippen LogP contribution in [0.4, 0.5) is 4.79 Å². The Hall–Kier alpha value is -3.32. The normalized spacial score (nSPS) is 10.8. The third kappa shape index (κ3) is 4.15. The molecule has 1 aromatic heterocycles. The number of nitrogens with zero attached hydrogens (tertiary/aromatic N) is 1. The zero-order valence-corrected chi connectivity index (χ0v) is 15.4. The molecule has 146 valence electrons. The molecule has 0 atom stereocenters. The number of aliphatic hydroxyl groups excluding tert-OH is 1. The van der Waals surface area contributed by atoms with Crippen molar-refractivity contribution >= 4 is 17.1 Å². The van der Waals surface area contributed by atoms with Crippen LogP contribution in [0.3, 0.4) is 0 Å². The summed E-state index contributed by atoms with van der Waals surface area (Å²) in [4.78, 5) is 23.6. The first kappa shape index (κ1) is 19.4. The van der Waals surface area contributed by atoms with Gasteiger partial charge in [0.1, 0.15) is 5.75 Å². The van der Waals surface area contributed by atoms with Gasteiger partial charge >= 0.3 is 6.16 Å². The van der Waals surface area contributed by atoms with Crippen LogP contribution < -0.4 is 14.9 Å². The van der Waals surface area contributed by atoms with E-state index >= 15 is 0 Å². The summed E-state index contributed by atoms with van der Waals surface area (Å²) in [5.74, 6) is 0.492. The summed E-state index contributed by atoms with van der Waals surface area (Å²) in [6.45, 7) is 2.52. The molecule has 3 aromatic rings. The number of ether oxygens (including phenoxy) is 2. The number of hydrogen-bond donors (Lipinski definition) is 2. The number of hydrogen-bond acceptors (Lipinski definition) is 5. The molecule has 0 aliphatic carbocycles. The lowest BCUT2D eigenvalue weighted by atomic mass is 10.0. The summed E-state index contributed by atoms with van der Waals surface area (Å²) in [6.07, 6.45) is 0.294. The zero-order chi connectivity index (χ0) is 20.1. The predicted molar refractivity (Wildman–Crippen MR) is 104 cm³/mol. The maximum Gasteiger partial charge on any atom is 0.511 e. The van der Waals surface area contributed by atoms with E-state index in [4.69, 9.17) is 9.84 Å². The van der Waals surface area contributed by atoms with Crippen LogP contribution in [0.1, 0.15) is 18.1 Å². The van der Waals surface area contributed by atoms with Crippen molar-refractivity contribution in [3.8, 4) is 11.5 Å². The molecule has 0 unspecified atom stereocenters. The molecule has 2 aromatic carbocycles. The molecule has 28 heavy (non-hydrogen) atoms. The van der Waals surface area contributed by atoms with Gasteiger partial charge in [-0.15, -0.1) is 0 Å². The van der Waals surface area contributed by atoms with E-state index < -0.39 is 11.6 Å². The molecule has 0 bridgehead atoms. The van der Waals surface area contributed by atoms with E-state index in [0.717, 1.165) is 16.9 Å². The van der Waals surface area contributed by atoms with Gasteiger partial charge in [-0.1, -0.05) is 24.3 Å². The van der Waals surface area contributed by atoms with E-state index in [2.05, 4.69) is 4.74 Å². The van der Waals surface area contributed by atoms with Crippen LogP contribution in [0.5, 0.6) is 11.5 Å². The number of para-hydroxylation sites is 1. The molecule has 0 amide bonds. The fourth-order valence-corrected chi connectivity index (χ4v) is 3.15. The Morgan fingerprint density at radius 1 is 1.14 bits per heavy atom. The number of benzene rings is 2. The zero-order valence-electron chi connectivity index (χ0n) is 15.4. The van der Waals surface area contributed by atoms with E-state index in [1.807, 2.05) is 37.3 Å². The molecule has 7 heteroatoms. The molecular weight excluding hydrogens is 362 g/mol. The Balaban J connectivity index is 2.08. The van der Waals surface area contributed by atoms with Crippen LogP contribution in [0.25, 0.3) is 10.9 Å². The molecule has 1 heterocycles. The standard InChI is InChI=1S/C21H21NO6/c1-2-27-18-6-4-3-5-15(18)11-14-7-8-17-16(12-14)20(24)19(28-21(25)26)13-22(17)9-10-23/h3-8,12-13,23H,2,9-11H2,1H3,(H,25,26). The van der Waals surface area contributed by atoms with Crippen molar-refractivity contribution in [2.45, 2.75) is 19.9 Å². The van der Waals surface area contributed by atoms with Crippen molar-refractivity contribution in [3.05, 3.63) is 70.0 Å². The first-order valence-corrected chi connectivity index (χ1v) is 8.92. The number of rotatable bonds is 7. The summed E-state index contributed by atoms with van der Waals surface area (Å²) in [6, 6.07) is 13.1. The largest absolute Gasteiger partial charge is 0.511 e. The number of aliphatic hydroxyl groups is 1. The highest BCUT2D eigenvalue weighted by Gasteiger charge is 2.14. The minimum absolute atomic E-state index is 0.159. The molecule has 0 aliphatic rings. The average Bonchev–Trinajstić information content (AvgIpc) is 2.67. The van der Waals surface area contributed by atoms with Gasteiger partial charge in [0, 0.05) is 18.4 Å². The minimum Gasteiger partial charge on any atom is -0.494 e. The number of pyridine rings is 1. The Morgan fingerprint density at radius 2 is 1.93 bits per heavy atom. The highest BCUT2D eigenvalue weighted by Crippen LogP contribution is 2.24. The van der Waals surface area contributed by atoms with Gasteiger partial charge in [0.05, 0.1) is 24.9 Å². The topological polar surface area (TPSA) is 98.0 Å². The number of carboxylic acid groups (broad SMARTS) is 1. The second-order valence-corrected chi connectivity index (χ2v) is 6.18.